The van der Waals surface area contributed by atoms with Crippen molar-refractivity contribution in [3.63, 3.8) is 0 Å². The van der Waals surface area contributed by atoms with Crippen LogP contribution in [0.3, 0.4) is 0 Å². The minimum Gasteiger partial charge on any atom is -0.484 e. The zero-order chi connectivity index (χ0) is 25.3. The van der Waals surface area contributed by atoms with Gasteiger partial charge >= 0.3 is 5.97 Å². The number of halogens is 2. The van der Waals surface area contributed by atoms with E-state index in [4.69, 9.17) is 37.1 Å². The van der Waals surface area contributed by atoms with Crippen molar-refractivity contribution in [3.05, 3.63) is 67.9 Å². The maximum Gasteiger partial charge on any atom is 0.341 e. The molecule has 0 radical (unpaired) electrons. The molecule has 0 bridgehead atoms. The van der Waals surface area contributed by atoms with Gasteiger partial charge < -0.3 is 19.2 Å². The number of furan rings is 1. The Kier molecular flexibility index (Phi) is 7.50. The third-order valence-corrected chi connectivity index (χ3v) is 7.96. The Morgan fingerprint density at radius 1 is 1.20 bits per heavy atom. The Morgan fingerprint density at radius 3 is 2.66 bits per heavy atom. The van der Waals surface area contributed by atoms with E-state index in [9.17, 15) is 9.59 Å². The highest BCUT2D eigenvalue weighted by Gasteiger charge is 2.34. The summed E-state index contributed by atoms with van der Waals surface area (Å²) in [5, 5.41) is 4.24. The van der Waals surface area contributed by atoms with Crippen LogP contribution >= 0.6 is 34.5 Å². The number of amides is 1. The van der Waals surface area contributed by atoms with E-state index >= 15 is 0 Å². The molecule has 1 atom stereocenters. The molecule has 1 amide bonds. The van der Waals surface area contributed by atoms with Crippen LogP contribution in [0.5, 0.6) is 5.75 Å². The number of esters is 1. The van der Waals surface area contributed by atoms with Crippen LogP contribution in [0.15, 0.2) is 34.7 Å². The smallest absolute Gasteiger partial charge is 0.341 e. The molecule has 9 heteroatoms. The molecule has 3 aromatic rings. The van der Waals surface area contributed by atoms with Crippen molar-refractivity contribution in [2.75, 3.05) is 12.4 Å². The maximum absolute atomic E-state index is 13.0. The fourth-order valence-electron chi connectivity index (χ4n) is 4.21. The van der Waals surface area contributed by atoms with Crippen molar-refractivity contribution in [2.45, 2.75) is 46.6 Å². The van der Waals surface area contributed by atoms with Crippen LogP contribution in [0.4, 0.5) is 5.00 Å². The first kappa shape index (κ1) is 25.6. The summed E-state index contributed by atoms with van der Waals surface area (Å²) in [5.74, 6) is 0.633. The predicted molar refractivity (Wildman–Crippen MR) is 138 cm³/mol. The molecule has 0 saturated heterocycles. The third kappa shape index (κ3) is 5.68. The zero-order valence-electron chi connectivity index (χ0n) is 20.0. The number of anilines is 1. The fraction of sp³-hybridized carbons (Fsp3) is 0.385. The number of ether oxygens (including phenoxy) is 2. The summed E-state index contributed by atoms with van der Waals surface area (Å²) in [6, 6.07) is 8.15. The summed E-state index contributed by atoms with van der Waals surface area (Å²) in [5.41, 5.74) is 1.59. The molecule has 4 rings (SSSR count). The van der Waals surface area contributed by atoms with E-state index < -0.39 is 11.9 Å². The summed E-state index contributed by atoms with van der Waals surface area (Å²) in [6.07, 6.45) is 2.65. The van der Waals surface area contributed by atoms with E-state index in [-0.39, 0.29) is 17.8 Å². The normalized spacial score (nSPS) is 15.4. The van der Waals surface area contributed by atoms with E-state index in [0.29, 0.717) is 38.0 Å². The SMILES string of the molecule is COC(=O)c1c(NC(=O)c2ccc(COc3ccc(Cl)cc3Cl)o2)sc2c1CC[C@@H](C(C)(C)C)C2. The number of nitrogens with one attached hydrogen (secondary N) is 1. The summed E-state index contributed by atoms with van der Waals surface area (Å²) < 4.78 is 16.4. The first-order valence-electron chi connectivity index (χ1n) is 11.3. The predicted octanol–water partition coefficient (Wildman–Crippen LogP) is 7.42. The third-order valence-electron chi connectivity index (χ3n) is 6.26. The van der Waals surface area contributed by atoms with Gasteiger partial charge in [-0.1, -0.05) is 44.0 Å². The van der Waals surface area contributed by atoms with Crippen LogP contribution in [0, 0.1) is 11.3 Å². The molecule has 186 valence electrons. The van der Waals surface area contributed by atoms with Gasteiger partial charge in [0.05, 0.1) is 17.7 Å². The van der Waals surface area contributed by atoms with Crippen LogP contribution in [-0.2, 0) is 24.2 Å². The van der Waals surface area contributed by atoms with Crippen molar-refractivity contribution in [1.82, 2.24) is 0 Å². The van der Waals surface area contributed by atoms with Crippen LogP contribution in [0.25, 0.3) is 0 Å². The molecular weight excluding hydrogens is 509 g/mol. The van der Waals surface area contributed by atoms with Gasteiger partial charge in [-0.2, -0.15) is 0 Å². The van der Waals surface area contributed by atoms with Gasteiger partial charge in [-0.15, -0.1) is 11.3 Å². The monoisotopic (exact) mass is 535 g/mol. The summed E-state index contributed by atoms with van der Waals surface area (Å²) >= 11 is 13.5. The number of benzene rings is 1. The van der Waals surface area contributed by atoms with Crippen molar-refractivity contribution < 1.29 is 23.5 Å². The van der Waals surface area contributed by atoms with Crippen LogP contribution in [0.2, 0.25) is 10.0 Å². The molecule has 6 nitrogen and oxygen atoms in total. The molecule has 0 spiro atoms. The molecule has 2 heterocycles. The molecule has 35 heavy (non-hydrogen) atoms. The number of fused-ring (bicyclic) bond motifs is 1. The highest BCUT2D eigenvalue weighted by Crippen LogP contribution is 2.44. The average Bonchev–Trinajstić information content (AvgIpc) is 3.41. The van der Waals surface area contributed by atoms with Crippen LogP contribution in [-0.4, -0.2) is 19.0 Å². The Hall–Kier alpha value is -2.48. The lowest BCUT2D eigenvalue weighted by molar-refractivity contribution is 0.0600. The largest absolute Gasteiger partial charge is 0.484 e. The Morgan fingerprint density at radius 2 is 1.97 bits per heavy atom. The van der Waals surface area contributed by atoms with Gasteiger partial charge in [0.15, 0.2) is 5.76 Å². The van der Waals surface area contributed by atoms with E-state index in [1.54, 1.807) is 30.3 Å². The second-order valence-corrected chi connectivity index (χ2v) is 11.5. The minimum atomic E-state index is -0.447. The van der Waals surface area contributed by atoms with Crippen LogP contribution in [0.1, 0.15) is 64.3 Å². The average molecular weight is 536 g/mol. The Bertz CT molecular complexity index is 1260. The summed E-state index contributed by atoms with van der Waals surface area (Å²) in [4.78, 5) is 26.7. The first-order valence-corrected chi connectivity index (χ1v) is 12.8. The second-order valence-electron chi connectivity index (χ2n) is 9.59. The highest BCUT2D eigenvalue weighted by molar-refractivity contribution is 7.17. The molecular formula is C26H27Cl2NO5S. The minimum absolute atomic E-state index is 0.0868. The lowest BCUT2D eigenvalue weighted by atomic mass is 9.72. The van der Waals surface area contributed by atoms with E-state index in [0.717, 1.165) is 29.7 Å². The standard InChI is InChI=1S/C26H27Cl2NO5S/c1-26(2,3)14-5-8-17-21(11-14)35-24(22(17)25(31)32-4)29-23(30)20-10-7-16(34-20)13-33-19-9-6-15(27)12-18(19)28/h6-7,9-10,12,14H,5,8,11,13H2,1-4H3,(H,29,30)/t14-/m1/s1. The molecule has 1 aliphatic rings. The Labute approximate surface area is 218 Å². The van der Waals surface area contributed by atoms with E-state index in [2.05, 4.69) is 26.1 Å². The number of carbonyl (C=O) groups is 2. The lowest BCUT2D eigenvalue weighted by Gasteiger charge is -2.33. The van der Waals surface area contributed by atoms with Gasteiger partial charge in [0, 0.05) is 9.90 Å². The van der Waals surface area contributed by atoms with Gasteiger partial charge in [0.1, 0.15) is 23.1 Å². The van der Waals surface area contributed by atoms with Gasteiger partial charge in [-0.3, -0.25) is 4.79 Å². The number of thiophene rings is 1. The van der Waals surface area contributed by atoms with E-state index in [1.165, 1.54) is 18.4 Å². The molecule has 1 aromatic carbocycles. The molecule has 2 aromatic heterocycles. The van der Waals surface area contributed by atoms with E-state index in [1.807, 2.05) is 0 Å². The molecule has 0 unspecified atom stereocenters. The Balaban J connectivity index is 1.49. The van der Waals surface area contributed by atoms with Gasteiger partial charge in [0.25, 0.3) is 5.91 Å². The molecule has 0 saturated carbocycles. The van der Waals surface area contributed by atoms with Crippen molar-refractivity contribution in [2.24, 2.45) is 11.3 Å². The van der Waals surface area contributed by atoms with Crippen molar-refractivity contribution in [3.8, 4) is 5.75 Å². The molecule has 1 N–H and O–H groups in total. The second kappa shape index (κ2) is 10.2. The topological polar surface area (TPSA) is 77.8 Å². The summed E-state index contributed by atoms with van der Waals surface area (Å²) in [6.45, 7) is 6.79. The highest BCUT2D eigenvalue weighted by atomic mass is 35.5. The number of hydrogen-bond donors (Lipinski definition) is 1. The number of rotatable bonds is 6. The number of carbonyl (C=O) groups excluding carboxylic acids is 2. The lowest BCUT2D eigenvalue weighted by Crippen LogP contribution is -2.26. The fourth-order valence-corrected chi connectivity index (χ4v) is 5.99. The van der Waals surface area contributed by atoms with Crippen molar-refractivity contribution >= 4 is 51.4 Å². The van der Waals surface area contributed by atoms with Gasteiger partial charge in [-0.05, 0) is 66.5 Å². The van der Waals surface area contributed by atoms with Gasteiger partial charge in [0.2, 0.25) is 0 Å². The quantitative estimate of drug-likeness (QED) is 0.332. The zero-order valence-corrected chi connectivity index (χ0v) is 22.3. The number of methoxy groups -OCH3 is 1. The molecule has 0 aliphatic heterocycles. The molecule has 1 aliphatic carbocycles. The number of hydrogen-bond acceptors (Lipinski definition) is 6. The molecule has 0 fully saturated rings. The van der Waals surface area contributed by atoms with Gasteiger partial charge in [-0.25, -0.2) is 4.79 Å². The summed E-state index contributed by atoms with van der Waals surface area (Å²) in [7, 11) is 1.35. The van der Waals surface area contributed by atoms with Crippen molar-refractivity contribution in [1.29, 1.82) is 0 Å². The maximum atomic E-state index is 13.0. The van der Waals surface area contributed by atoms with Crippen LogP contribution < -0.4 is 10.1 Å². The first-order chi connectivity index (χ1) is 16.6.